The van der Waals surface area contributed by atoms with Crippen LogP contribution in [0.25, 0.3) is 0 Å². The maximum Gasteiger partial charge on any atom is 0.411 e. The van der Waals surface area contributed by atoms with Crippen molar-refractivity contribution in [3.63, 3.8) is 0 Å². The van der Waals surface area contributed by atoms with Gasteiger partial charge in [0.2, 0.25) is 0 Å². The van der Waals surface area contributed by atoms with Crippen molar-refractivity contribution in [2.75, 3.05) is 26.0 Å². The van der Waals surface area contributed by atoms with Gasteiger partial charge < -0.3 is 15.4 Å². The number of halogens is 1. The highest BCUT2D eigenvalue weighted by Crippen LogP contribution is 2.47. The number of benzene rings is 2. The van der Waals surface area contributed by atoms with Crippen molar-refractivity contribution in [2.24, 2.45) is 4.99 Å². The minimum absolute atomic E-state index is 0. The van der Waals surface area contributed by atoms with Crippen molar-refractivity contribution >= 4 is 41.7 Å². The molecule has 0 spiro atoms. The summed E-state index contributed by atoms with van der Waals surface area (Å²) < 4.78 is 4.58. The zero-order valence-electron chi connectivity index (χ0n) is 16.2. The molecule has 0 unspecified atom stereocenters. The van der Waals surface area contributed by atoms with Crippen LogP contribution in [0.1, 0.15) is 24.0 Å². The van der Waals surface area contributed by atoms with Gasteiger partial charge in [0.1, 0.15) is 0 Å². The van der Waals surface area contributed by atoms with Gasteiger partial charge in [0.15, 0.2) is 5.96 Å². The minimum atomic E-state index is -0.474. The minimum Gasteiger partial charge on any atom is -0.453 e. The molecule has 0 atom stereocenters. The van der Waals surface area contributed by atoms with E-state index in [1.54, 1.807) is 7.05 Å². The number of guanidine groups is 1. The van der Waals surface area contributed by atoms with Crippen LogP contribution in [0.4, 0.5) is 10.5 Å². The largest absolute Gasteiger partial charge is 0.453 e. The lowest BCUT2D eigenvalue weighted by Crippen LogP contribution is -2.40. The van der Waals surface area contributed by atoms with Crippen LogP contribution in [0, 0.1) is 0 Å². The highest BCUT2D eigenvalue weighted by Gasteiger charge is 2.43. The van der Waals surface area contributed by atoms with Gasteiger partial charge >= 0.3 is 6.09 Å². The highest BCUT2D eigenvalue weighted by atomic mass is 127. The SMILES string of the molecule is CN=C(NCc1ccc(NC(=O)OC)cc1)NCC1(c2ccccc2)CC1.I. The molecule has 1 fully saturated rings. The van der Waals surface area contributed by atoms with Crippen molar-refractivity contribution in [3.05, 3.63) is 65.7 Å². The Morgan fingerprint density at radius 2 is 1.75 bits per heavy atom. The standard InChI is InChI=1S/C21H26N4O2.HI/c1-22-19(24-15-21(12-13-21)17-6-4-3-5-7-17)23-14-16-8-10-18(11-9-16)25-20(26)27-2;/h3-11H,12-15H2,1-2H3,(H,25,26)(H2,22,23,24);1H. The number of hydrogen-bond donors (Lipinski definition) is 3. The third-order valence-electron chi connectivity index (χ3n) is 4.90. The number of carbonyl (C=O) groups excluding carboxylic acids is 1. The molecule has 6 nitrogen and oxygen atoms in total. The Morgan fingerprint density at radius 1 is 1.07 bits per heavy atom. The van der Waals surface area contributed by atoms with Crippen molar-refractivity contribution in [1.29, 1.82) is 0 Å². The molecular weight excluding hydrogens is 467 g/mol. The Balaban J connectivity index is 0.00000280. The van der Waals surface area contributed by atoms with E-state index in [2.05, 4.69) is 56.0 Å². The highest BCUT2D eigenvalue weighted by molar-refractivity contribution is 14.0. The lowest BCUT2D eigenvalue weighted by molar-refractivity contribution is 0.187. The predicted octanol–water partition coefficient (Wildman–Crippen LogP) is 3.88. The van der Waals surface area contributed by atoms with E-state index in [1.165, 1.54) is 25.5 Å². The lowest BCUT2D eigenvalue weighted by atomic mass is 9.96. The van der Waals surface area contributed by atoms with E-state index in [4.69, 9.17) is 0 Å². The van der Waals surface area contributed by atoms with Crippen LogP contribution < -0.4 is 16.0 Å². The van der Waals surface area contributed by atoms with Gasteiger partial charge in [0, 0.05) is 31.2 Å². The smallest absolute Gasteiger partial charge is 0.411 e. The molecule has 0 bridgehead atoms. The molecule has 1 aliphatic rings. The molecule has 2 aromatic carbocycles. The number of methoxy groups -OCH3 is 1. The van der Waals surface area contributed by atoms with E-state index >= 15 is 0 Å². The van der Waals surface area contributed by atoms with Crippen molar-refractivity contribution in [2.45, 2.75) is 24.8 Å². The summed E-state index contributed by atoms with van der Waals surface area (Å²) in [7, 11) is 3.12. The quantitative estimate of drug-likeness (QED) is 0.324. The van der Waals surface area contributed by atoms with Crippen LogP contribution >= 0.6 is 24.0 Å². The van der Waals surface area contributed by atoms with Gasteiger partial charge in [-0.2, -0.15) is 0 Å². The zero-order chi connectivity index (χ0) is 19.1. The molecule has 2 aromatic rings. The molecule has 3 N–H and O–H groups in total. The number of ether oxygens (including phenoxy) is 1. The average molecular weight is 494 g/mol. The third-order valence-corrected chi connectivity index (χ3v) is 4.90. The van der Waals surface area contributed by atoms with Gasteiger partial charge in [-0.05, 0) is 36.1 Å². The van der Waals surface area contributed by atoms with Crippen LogP contribution in [-0.4, -0.2) is 32.8 Å². The van der Waals surface area contributed by atoms with Crippen LogP contribution in [0.2, 0.25) is 0 Å². The maximum absolute atomic E-state index is 11.2. The molecule has 7 heteroatoms. The van der Waals surface area contributed by atoms with Gasteiger partial charge in [-0.3, -0.25) is 10.3 Å². The summed E-state index contributed by atoms with van der Waals surface area (Å²) in [5, 5.41) is 9.42. The molecule has 0 radical (unpaired) electrons. The second-order valence-corrected chi connectivity index (χ2v) is 6.74. The topological polar surface area (TPSA) is 74.8 Å². The Kier molecular flexibility index (Phi) is 8.10. The predicted molar refractivity (Wildman–Crippen MR) is 123 cm³/mol. The molecule has 0 aliphatic heterocycles. The van der Waals surface area contributed by atoms with Crippen LogP contribution in [0.3, 0.4) is 0 Å². The molecule has 0 saturated heterocycles. The summed E-state index contributed by atoms with van der Waals surface area (Å²) in [5.41, 5.74) is 3.42. The Morgan fingerprint density at radius 3 is 2.32 bits per heavy atom. The Bertz CT molecular complexity index is 790. The Labute approximate surface area is 183 Å². The molecule has 0 heterocycles. The maximum atomic E-state index is 11.2. The summed E-state index contributed by atoms with van der Waals surface area (Å²) in [6, 6.07) is 18.3. The number of aliphatic imine (C=N–C) groups is 1. The fraction of sp³-hybridized carbons (Fsp3) is 0.333. The molecule has 1 amide bonds. The van der Waals surface area contributed by atoms with E-state index in [-0.39, 0.29) is 29.4 Å². The first-order valence-electron chi connectivity index (χ1n) is 9.09. The van der Waals surface area contributed by atoms with Gasteiger partial charge in [-0.1, -0.05) is 42.5 Å². The van der Waals surface area contributed by atoms with Gasteiger partial charge in [0.25, 0.3) is 0 Å². The van der Waals surface area contributed by atoms with Crippen molar-refractivity contribution in [3.8, 4) is 0 Å². The third kappa shape index (κ3) is 5.85. The first kappa shape index (κ1) is 22.0. The fourth-order valence-electron chi connectivity index (χ4n) is 3.04. The average Bonchev–Trinajstić information content (AvgIpc) is 3.51. The fourth-order valence-corrected chi connectivity index (χ4v) is 3.04. The molecular formula is C21H27IN4O2. The molecule has 0 aromatic heterocycles. The summed E-state index contributed by atoms with van der Waals surface area (Å²) in [5.74, 6) is 0.786. The number of rotatable bonds is 6. The van der Waals surface area contributed by atoms with E-state index in [1.807, 2.05) is 24.3 Å². The first-order valence-corrected chi connectivity index (χ1v) is 9.09. The van der Waals surface area contributed by atoms with E-state index in [0.29, 0.717) is 12.2 Å². The normalized spacial score (nSPS) is 14.4. The zero-order valence-corrected chi connectivity index (χ0v) is 18.5. The second-order valence-electron chi connectivity index (χ2n) is 6.74. The van der Waals surface area contributed by atoms with Crippen molar-refractivity contribution in [1.82, 2.24) is 10.6 Å². The molecule has 28 heavy (non-hydrogen) atoms. The van der Waals surface area contributed by atoms with Gasteiger partial charge in [-0.15, -0.1) is 24.0 Å². The van der Waals surface area contributed by atoms with E-state index in [0.717, 1.165) is 18.1 Å². The number of hydrogen-bond acceptors (Lipinski definition) is 3. The molecule has 1 aliphatic carbocycles. The molecule has 3 rings (SSSR count). The second kappa shape index (κ2) is 10.3. The number of carbonyl (C=O) groups is 1. The van der Waals surface area contributed by atoms with E-state index < -0.39 is 6.09 Å². The lowest BCUT2D eigenvalue weighted by Gasteiger charge is -2.19. The number of nitrogens with one attached hydrogen (secondary N) is 3. The summed E-state index contributed by atoms with van der Waals surface area (Å²) >= 11 is 0. The summed E-state index contributed by atoms with van der Waals surface area (Å²) in [6.45, 7) is 1.52. The monoisotopic (exact) mass is 494 g/mol. The van der Waals surface area contributed by atoms with Crippen molar-refractivity contribution < 1.29 is 9.53 Å². The Hall–Kier alpha value is -2.29. The summed E-state index contributed by atoms with van der Waals surface area (Å²) in [4.78, 5) is 15.5. The van der Waals surface area contributed by atoms with Crippen LogP contribution in [-0.2, 0) is 16.7 Å². The van der Waals surface area contributed by atoms with Gasteiger partial charge in [0.05, 0.1) is 7.11 Å². The van der Waals surface area contributed by atoms with Crippen LogP contribution in [0.5, 0.6) is 0 Å². The number of amides is 1. The molecule has 1 saturated carbocycles. The van der Waals surface area contributed by atoms with E-state index in [9.17, 15) is 4.79 Å². The summed E-state index contributed by atoms with van der Waals surface area (Å²) in [6.07, 6.45) is 1.93. The first-order chi connectivity index (χ1) is 13.1. The number of nitrogens with zero attached hydrogens (tertiary/aromatic N) is 1. The molecule has 150 valence electrons. The van der Waals surface area contributed by atoms with Gasteiger partial charge in [-0.25, -0.2) is 4.79 Å². The number of anilines is 1. The van der Waals surface area contributed by atoms with Crippen LogP contribution in [0.15, 0.2) is 59.6 Å².